The fraction of sp³-hybridized carbons (Fsp3) is 0.0625. The van der Waals surface area contributed by atoms with Crippen molar-refractivity contribution in [2.45, 2.75) is 6.92 Å². The number of benzene rings is 2. The molecular weight excluding hydrogens is 410 g/mol. The molecule has 0 aliphatic heterocycles. The molecule has 0 aliphatic carbocycles. The van der Waals surface area contributed by atoms with Crippen LogP contribution in [0.2, 0.25) is 15.1 Å². The Labute approximate surface area is 149 Å². The molecule has 0 bridgehead atoms. The topological polar surface area (TPSA) is 30.2 Å². The van der Waals surface area contributed by atoms with Crippen LogP contribution in [0, 0.1) is 6.92 Å². The molecule has 2 aromatic carbocycles. The summed E-state index contributed by atoms with van der Waals surface area (Å²) in [5.41, 5.74) is 1.61. The average molecular weight is 419 g/mol. The van der Waals surface area contributed by atoms with Crippen LogP contribution in [0.5, 0.6) is 0 Å². The van der Waals surface area contributed by atoms with E-state index in [0.717, 1.165) is 15.4 Å². The first-order valence-corrected chi connectivity index (χ1v) is 8.19. The lowest BCUT2D eigenvalue weighted by molar-refractivity contribution is 0.562. The lowest BCUT2D eigenvalue weighted by Crippen LogP contribution is -2.06. The number of rotatable bonds is 1. The van der Waals surface area contributed by atoms with Crippen molar-refractivity contribution in [3.8, 4) is 11.1 Å². The third kappa shape index (κ3) is 2.67. The van der Waals surface area contributed by atoms with Crippen LogP contribution in [0.3, 0.4) is 0 Å². The van der Waals surface area contributed by atoms with Crippen LogP contribution in [-0.2, 0) is 0 Å². The van der Waals surface area contributed by atoms with Gasteiger partial charge in [0.2, 0.25) is 0 Å². The second-order valence-corrected chi connectivity index (χ2v) is 6.94. The van der Waals surface area contributed by atoms with Crippen LogP contribution in [0.25, 0.3) is 22.1 Å². The van der Waals surface area contributed by atoms with E-state index in [-0.39, 0.29) is 0 Å². The van der Waals surface area contributed by atoms with Crippen molar-refractivity contribution >= 4 is 61.7 Å². The molecular formula is C16H8BrCl3O2. The van der Waals surface area contributed by atoms with E-state index in [1.54, 1.807) is 24.3 Å². The molecule has 0 atom stereocenters. The summed E-state index contributed by atoms with van der Waals surface area (Å²) in [5, 5.41) is 2.02. The Hall–Kier alpha value is -1.000. The molecule has 0 amide bonds. The van der Waals surface area contributed by atoms with Crippen LogP contribution < -0.4 is 5.63 Å². The molecule has 0 unspecified atom stereocenters. The van der Waals surface area contributed by atoms with Gasteiger partial charge in [0.15, 0.2) is 5.58 Å². The number of aryl methyl sites for hydroxylation is 1. The van der Waals surface area contributed by atoms with Crippen molar-refractivity contribution in [3.05, 3.63) is 65.9 Å². The third-order valence-corrected chi connectivity index (χ3v) is 4.67. The second-order valence-electron chi connectivity index (χ2n) is 4.78. The maximum absolute atomic E-state index is 12.4. The lowest BCUT2D eigenvalue weighted by atomic mass is 9.99. The van der Waals surface area contributed by atoms with Crippen molar-refractivity contribution in [1.29, 1.82) is 0 Å². The molecule has 0 saturated heterocycles. The Morgan fingerprint density at radius 1 is 1.05 bits per heavy atom. The first kappa shape index (κ1) is 15.9. The van der Waals surface area contributed by atoms with Crippen molar-refractivity contribution in [2.75, 3.05) is 0 Å². The molecule has 6 heteroatoms. The minimum atomic E-state index is -0.488. The van der Waals surface area contributed by atoms with Crippen molar-refractivity contribution < 1.29 is 4.42 Å². The molecule has 0 fully saturated rings. The fourth-order valence-electron chi connectivity index (χ4n) is 2.38. The van der Waals surface area contributed by atoms with Gasteiger partial charge in [0.25, 0.3) is 0 Å². The highest BCUT2D eigenvalue weighted by Gasteiger charge is 2.17. The van der Waals surface area contributed by atoms with Gasteiger partial charge in [0.1, 0.15) is 0 Å². The summed E-state index contributed by atoms with van der Waals surface area (Å²) in [5.74, 6) is 0. The molecule has 3 rings (SSSR count). The molecule has 0 radical (unpaired) electrons. The molecule has 112 valence electrons. The van der Waals surface area contributed by atoms with Crippen molar-refractivity contribution in [3.63, 3.8) is 0 Å². The Morgan fingerprint density at radius 3 is 2.45 bits per heavy atom. The summed E-state index contributed by atoms with van der Waals surface area (Å²) in [7, 11) is 0. The van der Waals surface area contributed by atoms with E-state index in [1.165, 1.54) is 0 Å². The zero-order chi connectivity index (χ0) is 16.0. The highest BCUT2D eigenvalue weighted by atomic mass is 79.9. The smallest absolute Gasteiger partial charge is 0.344 e. The molecule has 2 nitrogen and oxygen atoms in total. The third-order valence-electron chi connectivity index (χ3n) is 3.39. The lowest BCUT2D eigenvalue weighted by Gasteiger charge is -2.10. The largest absolute Gasteiger partial charge is 0.421 e. The van der Waals surface area contributed by atoms with Gasteiger partial charge in [0, 0.05) is 20.4 Å². The van der Waals surface area contributed by atoms with Gasteiger partial charge in [-0.2, -0.15) is 0 Å². The predicted octanol–water partition coefficient (Wildman–Crippen LogP) is 6.49. The van der Waals surface area contributed by atoms with Gasteiger partial charge in [-0.3, -0.25) is 0 Å². The van der Waals surface area contributed by atoms with Crippen LogP contribution in [0.4, 0.5) is 0 Å². The summed E-state index contributed by atoms with van der Waals surface area (Å²) in [6.45, 7) is 1.84. The van der Waals surface area contributed by atoms with Crippen molar-refractivity contribution in [1.82, 2.24) is 0 Å². The van der Waals surface area contributed by atoms with Gasteiger partial charge in [-0.15, -0.1) is 0 Å². The normalized spacial score (nSPS) is 11.1. The van der Waals surface area contributed by atoms with E-state index < -0.39 is 5.63 Å². The van der Waals surface area contributed by atoms with E-state index in [0.29, 0.717) is 31.8 Å². The molecule has 0 aliphatic rings. The second kappa shape index (κ2) is 5.89. The summed E-state index contributed by atoms with van der Waals surface area (Å²) in [6.07, 6.45) is 0. The van der Waals surface area contributed by atoms with Gasteiger partial charge >= 0.3 is 5.63 Å². The van der Waals surface area contributed by atoms with Crippen LogP contribution >= 0.6 is 50.7 Å². The molecule has 0 saturated carbocycles. The zero-order valence-electron chi connectivity index (χ0n) is 11.2. The highest BCUT2D eigenvalue weighted by Crippen LogP contribution is 2.36. The molecule has 0 N–H and O–H groups in total. The van der Waals surface area contributed by atoms with E-state index in [2.05, 4.69) is 15.9 Å². The number of hydrogen-bond donors (Lipinski definition) is 0. The SMILES string of the molecule is Cc1c(-c2ccc(Cl)cc2Cl)c(=O)oc2c(Cl)cc(Br)cc12. The minimum absolute atomic E-state index is 0.362. The van der Waals surface area contributed by atoms with Gasteiger partial charge in [-0.1, -0.05) is 56.8 Å². The molecule has 3 aromatic rings. The number of fused-ring (bicyclic) bond motifs is 1. The molecule has 0 spiro atoms. The predicted molar refractivity (Wildman–Crippen MR) is 95.4 cm³/mol. The maximum atomic E-state index is 12.4. The van der Waals surface area contributed by atoms with E-state index >= 15 is 0 Å². The van der Waals surface area contributed by atoms with E-state index in [4.69, 9.17) is 39.2 Å². The summed E-state index contributed by atoms with van der Waals surface area (Å²) >= 11 is 21.7. The maximum Gasteiger partial charge on any atom is 0.344 e. The van der Waals surface area contributed by atoms with Crippen LogP contribution in [0.15, 0.2) is 44.0 Å². The number of hydrogen-bond acceptors (Lipinski definition) is 2. The Bertz CT molecular complexity index is 964. The van der Waals surface area contributed by atoms with Crippen LogP contribution in [0.1, 0.15) is 5.56 Å². The first-order valence-electron chi connectivity index (χ1n) is 6.26. The Balaban J connectivity index is 2.43. The van der Waals surface area contributed by atoms with Gasteiger partial charge < -0.3 is 4.42 Å². The van der Waals surface area contributed by atoms with E-state index in [9.17, 15) is 4.79 Å². The number of halogens is 4. The van der Waals surface area contributed by atoms with Crippen molar-refractivity contribution in [2.24, 2.45) is 0 Å². The zero-order valence-corrected chi connectivity index (χ0v) is 15.1. The molecule has 1 aromatic heterocycles. The van der Waals surface area contributed by atoms with Crippen LogP contribution in [-0.4, -0.2) is 0 Å². The monoisotopic (exact) mass is 416 g/mol. The fourth-order valence-corrected chi connectivity index (χ4v) is 3.73. The standard InChI is InChI=1S/C16H8BrCl3O2/c1-7-11-4-8(17)5-13(20)15(11)22-16(21)14(7)10-3-2-9(18)6-12(10)19/h2-6H,1H3. The Kier molecular flexibility index (Phi) is 4.25. The quantitative estimate of drug-likeness (QED) is 0.423. The Morgan fingerprint density at radius 2 is 1.77 bits per heavy atom. The average Bonchev–Trinajstić information content (AvgIpc) is 2.42. The first-order chi connectivity index (χ1) is 10.4. The summed E-state index contributed by atoms with van der Waals surface area (Å²) < 4.78 is 6.20. The minimum Gasteiger partial charge on any atom is -0.421 e. The summed E-state index contributed by atoms with van der Waals surface area (Å²) in [4.78, 5) is 12.4. The summed E-state index contributed by atoms with van der Waals surface area (Å²) in [6, 6.07) is 8.51. The van der Waals surface area contributed by atoms with Gasteiger partial charge in [-0.05, 0) is 36.8 Å². The van der Waals surface area contributed by atoms with Gasteiger partial charge in [0.05, 0.1) is 15.6 Å². The molecule has 1 heterocycles. The van der Waals surface area contributed by atoms with E-state index in [1.807, 2.05) is 13.0 Å². The van der Waals surface area contributed by atoms with Gasteiger partial charge in [-0.25, -0.2) is 4.79 Å². The highest BCUT2D eigenvalue weighted by molar-refractivity contribution is 9.10. The molecule has 22 heavy (non-hydrogen) atoms.